The third kappa shape index (κ3) is 4.34. The summed E-state index contributed by atoms with van der Waals surface area (Å²) >= 11 is 6.76. The molecule has 1 saturated heterocycles. The number of ether oxygens (including phenoxy) is 1. The Balaban J connectivity index is 1.52. The molecule has 1 aliphatic carbocycles. The molecule has 9 nitrogen and oxygen atoms in total. The minimum absolute atomic E-state index is 0.0943. The summed E-state index contributed by atoms with van der Waals surface area (Å²) in [4.78, 5) is 37.6. The Morgan fingerprint density at radius 2 is 1.74 bits per heavy atom. The van der Waals surface area contributed by atoms with E-state index in [1.807, 2.05) is 0 Å². The molecule has 3 aliphatic rings. The molecule has 1 unspecified atom stereocenters. The monoisotopic (exact) mass is 568 g/mol. The topological polar surface area (TPSA) is 111 Å². The molecule has 204 valence electrons. The van der Waals surface area contributed by atoms with Crippen LogP contribution in [0.5, 0.6) is 0 Å². The Morgan fingerprint density at radius 1 is 1.08 bits per heavy atom. The summed E-state index contributed by atoms with van der Waals surface area (Å²) in [7, 11) is -3.88. The third-order valence-electron chi connectivity index (χ3n) is 7.61. The first-order valence-corrected chi connectivity index (χ1v) is 15.2. The molecular formula is C28H29ClN4O5S. The lowest BCUT2D eigenvalue weighted by Gasteiger charge is -2.29. The zero-order chi connectivity index (χ0) is 27.6. The maximum atomic E-state index is 13.8. The second-order valence-corrected chi connectivity index (χ2v) is 13.3. The zero-order valence-corrected chi connectivity index (χ0v) is 23.6. The standard InChI is InChI=1S/C28H29ClN4O5S/c1-15(2)38-27(35)22-10-19-16(3)39(36,37)24-12-20(17-13-30-28(31-14-17)32-8-4-5-9-32)23(29)11-21(24)25(19)33(26(22)34)18-6-7-18/h10-16,18H,4-9H2,1-3H3. The summed E-state index contributed by atoms with van der Waals surface area (Å²) in [5, 5.41) is -0.668. The van der Waals surface area contributed by atoms with Gasteiger partial charge in [0.05, 0.1) is 21.9 Å². The number of halogens is 1. The van der Waals surface area contributed by atoms with Gasteiger partial charge in [-0.05, 0) is 70.2 Å². The second-order valence-electron chi connectivity index (χ2n) is 10.7. The molecule has 0 amide bonds. The number of rotatable bonds is 5. The van der Waals surface area contributed by atoms with Crippen LogP contribution in [0.2, 0.25) is 5.02 Å². The maximum absolute atomic E-state index is 13.8. The average Bonchev–Trinajstić information content (AvgIpc) is 3.58. The Bertz CT molecular complexity index is 1660. The van der Waals surface area contributed by atoms with Gasteiger partial charge in [0.25, 0.3) is 5.56 Å². The minimum atomic E-state index is -3.88. The van der Waals surface area contributed by atoms with Crippen LogP contribution in [0.25, 0.3) is 22.4 Å². The van der Waals surface area contributed by atoms with Crippen molar-refractivity contribution >= 4 is 33.4 Å². The average molecular weight is 569 g/mol. The highest BCUT2D eigenvalue weighted by molar-refractivity contribution is 7.92. The molecule has 11 heteroatoms. The van der Waals surface area contributed by atoms with Crippen molar-refractivity contribution in [1.82, 2.24) is 14.5 Å². The van der Waals surface area contributed by atoms with Gasteiger partial charge >= 0.3 is 5.97 Å². The predicted octanol–water partition coefficient (Wildman–Crippen LogP) is 4.97. The molecule has 1 atom stereocenters. The molecular weight excluding hydrogens is 540 g/mol. The molecule has 0 radical (unpaired) electrons. The van der Waals surface area contributed by atoms with Crippen molar-refractivity contribution < 1.29 is 17.9 Å². The lowest BCUT2D eigenvalue weighted by molar-refractivity contribution is 0.0375. The van der Waals surface area contributed by atoms with Crippen molar-refractivity contribution in [3.63, 3.8) is 0 Å². The van der Waals surface area contributed by atoms with E-state index in [1.54, 1.807) is 49.9 Å². The largest absolute Gasteiger partial charge is 0.459 e. The summed E-state index contributed by atoms with van der Waals surface area (Å²) in [5.41, 5.74) is 1.72. The van der Waals surface area contributed by atoms with Crippen molar-refractivity contribution in [1.29, 1.82) is 0 Å². The molecule has 0 bridgehead atoms. The van der Waals surface area contributed by atoms with Crippen LogP contribution in [0.4, 0.5) is 5.95 Å². The molecule has 3 aromatic rings. The van der Waals surface area contributed by atoms with Gasteiger partial charge in [-0.3, -0.25) is 4.79 Å². The number of carbonyl (C=O) groups is 1. The smallest absolute Gasteiger partial charge is 0.344 e. The Hall–Kier alpha value is -3.24. The molecule has 2 fully saturated rings. The first-order chi connectivity index (χ1) is 18.6. The van der Waals surface area contributed by atoms with E-state index >= 15 is 0 Å². The fraction of sp³-hybridized carbons (Fsp3) is 0.429. The van der Waals surface area contributed by atoms with E-state index in [-0.39, 0.29) is 16.5 Å². The van der Waals surface area contributed by atoms with Gasteiger partial charge in [-0.25, -0.2) is 23.2 Å². The van der Waals surface area contributed by atoms with Crippen LogP contribution < -0.4 is 10.5 Å². The van der Waals surface area contributed by atoms with Gasteiger partial charge < -0.3 is 14.2 Å². The Morgan fingerprint density at radius 3 is 2.36 bits per heavy atom. The van der Waals surface area contributed by atoms with E-state index in [9.17, 15) is 18.0 Å². The van der Waals surface area contributed by atoms with Crippen LogP contribution >= 0.6 is 11.6 Å². The third-order valence-corrected chi connectivity index (χ3v) is 10.1. The SMILES string of the molecule is CC(C)OC(=O)c1cc2c(n(C3CC3)c1=O)-c1cc(Cl)c(-c3cnc(N4CCCC4)nc3)cc1S(=O)(=O)C2C. The van der Waals surface area contributed by atoms with Crippen molar-refractivity contribution in [3.05, 3.63) is 57.1 Å². The quantitative estimate of drug-likeness (QED) is 0.396. The van der Waals surface area contributed by atoms with Crippen LogP contribution in [0, 0.1) is 0 Å². The lowest BCUT2D eigenvalue weighted by atomic mass is 9.97. The number of aromatic nitrogens is 3. The fourth-order valence-electron chi connectivity index (χ4n) is 5.45. The van der Waals surface area contributed by atoms with E-state index in [1.165, 1.54) is 6.07 Å². The number of hydrogen-bond donors (Lipinski definition) is 0. The molecule has 4 heterocycles. The summed E-state index contributed by atoms with van der Waals surface area (Å²) < 4.78 is 34.6. The van der Waals surface area contributed by atoms with Gasteiger partial charge in [0.2, 0.25) is 5.95 Å². The maximum Gasteiger partial charge on any atom is 0.344 e. The van der Waals surface area contributed by atoms with Gasteiger partial charge in [0.15, 0.2) is 9.84 Å². The second kappa shape index (κ2) is 9.45. The van der Waals surface area contributed by atoms with Gasteiger partial charge in [0, 0.05) is 53.2 Å². The van der Waals surface area contributed by atoms with Crippen LogP contribution in [0.1, 0.15) is 73.7 Å². The number of benzene rings is 1. The predicted molar refractivity (Wildman–Crippen MR) is 148 cm³/mol. The number of carbonyl (C=O) groups excluding carboxylic acids is 1. The summed E-state index contributed by atoms with van der Waals surface area (Å²) in [6.07, 6.45) is 6.63. The molecule has 39 heavy (non-hydrogen) atoms. The number of sulfone groups is 1. The number of hydrogen-bond acceptors (Lipinski definition) is 8. The number of nitrogens with zero attached hydrogens (tertiary/aromatic N) is 4. The van der Waals surface area contributed by atoms with E-state index in [4.69, 9.17) is 16.3 Å². The number of anilines is 1. The molecule has 6 rings (SSSR count). The number of pyridine rings is 1. The van der Waals surface area contributed by atoms with Crippen molar-refractivity contribution in [3.8, 4) is 22.4 Å². The summed E-state index contributed by atoms with van der Waals surface area (Å²) in [6, 6.07) is 4.43. The van der Waals surface area contributed by atoms with Crippen molar-refractivity contribution in [2.45, 2.75) is 68.7 Å². The van der Waals surface area contributed by atoms with Crippen molar-refractivity contribution in [2.75, 3.05) is 18.0 Å². The summed E-state index contributed by atoms with van der Waals surface area (Å²) in [6.45, 7) is 6.80. The van der Waals surface area contributed by atoms with Gasteiger partial charge in [-0.2, -0.15) is 0 Å². The first kappa shape index (κ1) is 26.0. The molecule has 1 saturated carbocycles. The van der Waals surface area contributed by atoms with Crippen LogP contribution in [-0.2, 0) is 14.6 Å². The number of fused-ring (bicyclic) bond motifs is 3. The Labute approximate surface area is 231 Å². The van der Waals surface area contributed by atoms with Crippen LogP contribution in [0.3, 0.4) is 0 Å². The fourth-order valence-corrected chi connectivity index (χ4v) is 7.36. The Kier molecular flexibility index (Phi) is 6.30. The highest BCUT2D eigenvalue weighted by atomic mass is 35.5. The minimum Gasteiger partial charge on any atom is -0.459 e. The highest BCUT2D eigenvalue weighted by Crippen LogP contribution is 2.49. The summed E-state index contributed by atoms with van der Waals surface area (Å²) in [5.74, 6) is -0.117. The van der Waals surface area contributed by atoms with Gasteiger partial charge in [-0.15, -0.1) is 0 Å². The molecule has 2 aliphatic heterocycles. The van der Waals surface area contributed by atoms with E-state index < -0.39 is 32.7 Å². The van der Waals surface area contributed by atoms with Crippen molar-refractivity contribution in [2.24, 2.45) is 0 Å². The van der Waals surface area contributed by atoms with E-state index in [0.717, 1.165) is 38.8 Å². The molecule has 2 aromatic heterocycles. The first-order valence-electron chi connectivity index (χ1n) is 13.2. The van der Waals surface area contributed by atoms with E-state index in [0.29, 0.717) is 38.9 Å². The van der Waals surface area contributed by atoms with Gasteiger partial charge in [-0.1, -0.05) is 11.6 Å². The lowest BCUT2D eigenvalue weighted by Crippen LogP contribution is -2.33. The zero-order valence-electron chi connectivity index (χ0n) is 22.0. The van der Waals surface area contributed by atoms with Crippen LogP contribution in [0.15, 0.2) is 40.3 Å². The van der Waals surface area contributed by atoms with Gasteiger partial charge in [0.1, 0.15) is 5.56 Å². The van der Waals surface area contributed by atoms with E-state index in [2.05, 4.69) is 14.9 Å². The van der Waals surface area contributed by atoms with Crippen LogP contribution in [-0.4, -0.2) is 48.1 Å². The number of esters is 1. The highest BCUT2D eigenvalue weighted by Gasteiger charge is 2.41. The normalized spacial score (nSPS) is 19.6. The molecule has 0 N–H and O–H groups in total. The molecule has 0 spiro atoms. The molecule has 1 aromatic carbocycles.